The van der Waals surface area contributed by atoms with Gasteiger partial charge in [0.05, 0.1) is 11.8 Å². The van der Waals surface area contributed by atoms with Crippen molar-refractivity contribution in [3.05, 3.63) is 48.0 Å². The van der Waals surface area contributed by atoms with Crippen LogP contribution in [0.15, 0.2) is 42.5 Å². The molecular weight excluding hydrogens is 332 g/mol. The van der Waals surface area contributed by atoms with E-state index >= 15 is 0 Å². The zero-order chi connectivity index (χ0) is 18.4. The van der Waals surface area contributed by atoms with Crippen LogP contribution in [-0.2, 0) is 6.42 Å². The Morgan fingerprint density at radius 2 is 1.88 bits per heavy atom. The molecule has 1 heterocycles. The quantitative estimate of drug-likeness (QED) is 0.830. The molecule has 2 aromatic rings. The molecule has 2 amide bonds. The van der Waals surface area contributed by atoms with Crippen molar-refractivity contribution in [2.24, 2.45) is 0 Å². The van der Waals surface area contributed by atoms with Crippen LogP contribution < -0.4 is 24.8 Å². The first-order valence-electron chi connectivity index (χ1n) is 8.81. The van der Waals surface area contributed by atoms with E-state index < -0.39 is 0 Å². The van der Waals surface area contributed by atoms with Gasteiger partial charge in [-0.25, -0.2) is 4.79 Å². The van der Waals surface area contributed by atoms with Crippen LogP contribution in [0.2, 0.25) is 0 Å². The van der Waals surface area contributed by atoms with Gasteiger partial charge in [-0.1, -0.05) is 18.2 Å². The number of carbonyl (C=O) groups excluding carboxylic acids is 1. The molecule has 0 aliphatic carbocycles. The maximum Gasteiger partial charge on any atom is 0.319 e. The van der Waals surface area contributed by atoms with Crippen molar-refractivity contribution in [1.82, 2.24) is 5.32 Å². The predicted molar refractivity (Wildman–Crippen MR) is 100 cm³/mol. The fraction of sp³-hybridized carbons (Fsp3) is 0.350. The lowest BCUT2D eigenvalue weighted by atomic mass is 10.1. The number of carbonyl (C=O) groups is 1. The molecule has 3 rings (SSSR count). The number of ether oxygens (including phenoxy) is 3. The molecule has 6 nitrogen and oxygen atoms in total. The Morgan fingerprint density at radius 1 is 1.12 bits per heavy atom. The lowest BCUT2D eigenvalue weighted by Crippen LogP contribution is -2.30. The van der Waals surface area contributed by atoms with E-state index in [-0.39, 0.29) is 12.1 Å². The standard InChI is InChI=1S/C20H24N2O4/c1-14(2)26-17-6-4-3-5-16(17)22-20(23)21-10-9-15-7-8-18-19(13-15)25-12-11-24-18/h3-8,13-14H,9-12H2,1-2H3,(H2,21,22,23). The van der Waals surface area contributed by atoms with E-state index in [4.69, 9.17) is 14.2 Å². The Balaban J connectivity index is 1.50. The average Bonchev–Trinajstić information content (AvgIpc) is 2.63. The van der Waals surface area contributed by atoms with E-state index in [2.05, 4.69) is 10.6 Å². The molecule has 26 heavy (non-hydrogen) atoms. The van der Waals surface area contributed by atoms with Gasteiger partial charge in [0.2, 0.25) is 0 Å². The van der Waals surface area contributed by atoms with Crippen LogP contribution >= 0.6 is 0 Å². The number of benzene rings is 2. The van der Waals surface area contributed by atoms with Crippen LogP contribution in [0.5, 0.6) is 17.2 Å². The van der Waals surface area contributed by atoms with Gasteiger partial charge in [-0.3, -0.25) is 0 Å². The molecular formula is C20H24N2O4. The largest absolute Gasteiger partial charge is 0.489 e. The van der Waals surface area contributed by atoms with Gasteiger partial charge in [-0.05, 0) is 50.1 Å². The smallest absolute Gasteiger partial charge is 0.319 e. The van der Waals surface area contributed by atoms with Crippen LogP contribution in [0.3, 0.4) is 0 Å². The normalized spacial score (nSPS) is 12.6. The average molecular weight is 356 g/mol. The highest BCUT2D eigenvalue weighted by Gasteiger charge is 2.12. The maximum atomic E-state index is 12.2. The van der Waals surface area contributed by atoms with Gasteiger partial charge >= 0.3 is 6.03 Å². The number of amides is 2. The van der Waals surface area contributed by atoms with E-state index in [1.807, 2.05) is 56.3 Å². The summed E-state index contributed by atoms with van der Waals surface area (Å²) in [5.74, 6) is 2.19. The van der Waals surface area contributed by atoms with Crippen molar-refractivity contribution in [3.8, 4) is 17.2 Å². The third-order valence-corrected chi connectivity index (χ3v) is 3.80. The molecule has 0 spiro atoms. The third kappa shape index (κ3) is 4.81. The van der Waals surface area contributed by atoms with Crippen molar-refractivity contribution < 1.29 is 19.0 Å². The number of urea groups is 1. The van der Waals surface area contributed by atoms with Gasteiger partial charge in [0.1, 0.15) is 19.0 Å². The minimum atomic E-state index is -0.262. The number of para-hydroxylation sites is 2. The molecule has 0 bridgehead atoms. The maximum absolute atomic E-state index is 12.2. The summed E-state index contributed by atoms with van der Waals surface area (Å²) in [6.07, 6.45) is 0.741. The second-order valence-corrected chi connectivity index (χ2v) is 6.27. The number of fused-ring (bicyclic) bond motifs is 1. The molecule has 0 saturated heterocycles. The number of hydrogen-bond donors (Lipinski definition) is 2. The van der Waals surface area contributed by atoms with E-state index in [9.17, 15) is 4.79 Å². The molecule has 1 aliphatic rings. The van der Waals surface area contributed by atoms with Gasteiger partial charge in [0.25, 0.3) is 0 Å². The molecule has 2 aromatic carbocycles. The summed E-state index contributed by atoms with van der Waals surface area (Å²) in [4.78, 5) is 12.2. The highest BCUT2D eigenvalue weighted by atomic mass is 16.6. The van der Waals surface area contributed by atoms with E-state index in [0.717, 1.165) is 17.1 Å². The zero-order valence-electron chi connectivity index (χ0n) is 15.1. The third-order valence-electron chi connectivity index (χ3n) is 3.80. The predicted octanol–water partition coefficient (Wildman–Crippen LogP) is 3.61. The Bertz CT molecular complexity index is 761. The molecule has 0 saturated carbocycles. The van der Waals surface area contributed by atoms with Gasteiger partial charge in [-0.2, -0.15) is 0 Å². The Hall–Kier alpha value is -2.89. The monoisotopic (exact) mass is 356 g/mol. The minimum Gasteiger partial charge on any atom is -0.489 e. The van der Waals surface area contributed by atoms with Crippen molar-refractivity contribution in [3.63, 3.8) is 0 Å². The van der Waals surface area contributed by atoms with Crippen molar-refractivity contribution in [2.75, 3.05) is 25.1 Å². The number of nitrogens with one attached hydrogen (secondary N) is 2. The Morgan fingerprint density at radius 3 is 2.69 bits per heavy atom. The number of anilines is 1. The molecule has 0 radical (unpaired) electrons. The Kier molecular flexibility index (Phi) is 5.84. The summed E-state index contributed by atoms with van der Waals surface area (Å²) in [5, 5.41) is 5.69. The zero-order valence-corrected chi connectivity index (χ0v) is 15.1. The van der Waals surface area contributed by atoms with Crippen molar-refractivity contribution >= 4 is 11.7 Å². The van der Waals surface area contributed by atoms with Crippen molar-refractivity contribution in [1.29, 1.82) is 0 Å². The van der Waals surface area contributed by atoms with Gasteiger partial charge in [-0.15, -0.1) is 0 Å². The first-order chi connectivity index (χ1) is 12.6. The van der Waals surface area contributed by atoms with Crippen molar-refractivity contribution in [2.45, 2.75) is 26.4 Å². The summed E-state index contributed by atoms with van der Waals surface area (Å²) in [6.45, 7) is 5.55. The topological polar surface area (TPSA) is 68.8 Å². The second kappa shape index (κ2) is 8.47. The number of hydrogen-bond acceptors (Lipinski definition) is 4. The lowest BCUT2D eigenvalue weighted by molar-refractivity contribution is 0.171. The molecule has 2 N–H and O–H groups in total. The molecule has 0 fully saturated rings. The summed E-state index contributed by atoms with van der Waals surface area (Å²) < 4.78 is 16.8. The van der Waals surface area contributed by atoms with E-state index in [1.54, 1.807) is 0 Å². The Labute approximate surface area is 153 Å². The molecule has 0 atom stereocenters. The fourth-order valence-electron chi connectivity index (χ4n) is 2.66. The molecule has 138 valence electrons. The summed E-state index contributed by atoms with van der Waals surface area (Å²) in [5.41, 5.74) is 1.73. The molecule has 1 aliphatic heterocycles. The highest BCUT2D eigenvalue weighted by molar-refractivity contribution is 5.90. The van der Waals surface area contributed by atoms with Crippen LogP contribution in [0.1, 0.15) is 19.4 Å². The van der Waals surface area contributed by atoms with Gasteiger partial charge in [0, 0.05) is 6.54 Å². The summed E-state index contributed by atoms with van der Waals surface area (Å²) in [6, 6.07) is 13.0. The first kappa shape index (κ1) is 17.9. The van der Waals surface area contributed by atoms with Gasteiger partial charge in [0.15, 0.2) is 11.5 Å². The minimum absolute atomic E-state index is 0.0382. The lowest BCUT2D eigenvalue weighted by Gasteiger charge is -2.19. The van der Waals surface area contributed by atoms with E-state index in [0.29, 0.717) is 37.6 Å². The van der Waals surface area contributed by atoms with Crippen LogP contribution in [-0.4, -0.2) is 31.9 Å². The molecule has 0 unspecified atom stereocenters. The van der Waals surface area contributed by atoms with E-state index in [1.165, 1.54) is 0 Å². The molecule has 6 heteroatoms. The fourth-order valence-corrected chi connectivity index (χ4v) is 2.66. The summed E-state index contributed by atoms with van der Waals surface area (Å²) >= 11 is 0. The second-order valence-electron chi connectivity index (χ2n) is 6.27. The molecule has 0 aromatic heterocycles. The van der Waals surface area contributed by atoms with Crippen LogP contribution in [0, 0.1) is 0 Å². The van der Waals surface area contributed by atoms with Crippen LogP contribution in [0.25, 0.3) is 0 Å². The number of rotatable bonds is 6. The van der Waals surface area contributed by atoms with Gasteiger partial charge < -0.3 is 24.8 Å². The summed E-state index contributed by atoms with van der Waals surface area (Å²) in [7, 11) is 0. The van der Waals surface area contributed by atoms with Crippen LogP contribution in [0.4, 0.5) is 10.5 Å². The highest BCUT2D eigenvalue weighted by Crippen LogP contribution is 2.30. The first-order valence-corrected chi connectivity index (χ1v) is 8.81. The SMILES string of the molecule is CC(C)Oc1ccccc1NC(=O)NCCc1ccc2c(c1)OCCO2.